The Morgan fingerprint density at radius 3 is 2.21 bits per heavy atom. The molecule has 8 rings (SSSR count). The molecule has 2 aromatic heterocycles. The van der Waals surface area contributed by atoms with Crippen LogP contribution in [0.1, 0.15) is 92.9 Å². The molecule has 4 aliphatic heterocycles. The van der Waals surface area contributed by atoms with Gasteiger partial charge in [-0.25, -0.2) is 14.2 Å². The molecule has 1 fully saturated rings. The lowest BCUT2D eigenvalue weighted by Crippen LogP contribution is -2.50. The van der Waals surface area contributed by atoms with E-state index >= 15 is 0 Å². The van der Waals surface area contributed by atoms with Crippen LogP contribution in [0.25, 0.3) is 22.3 Å². The van der Waals surface area contributed by atoms with Gasteiger partial charge >= 0.3 is 5.97 Å². The fourth-order valence-electron chi connectivity index (χ4n) is 9.04. The number of aromatic nitrogens is 2. The highest BCUT2D eigenvalue weighted by atomic mass is 19.1. The zero-order valence-electron chi connectivity index (χ0n) is 44.8. The normalized spacial score (nSPS) is 19.6. The molecule has 27 nitrogen and oxygen atoms in total. The summed E-state index contributed by atoms with van der Waals surface area (Å²) in [6, 6.07) is 2.35. The summed E-state index contributed by atoms with van der Waals surface area (Å²) in [5.41, 5.74) is 15.9. The number of pyridine rings is 2. The van der Waals surface area contributed by atoms with Crippen LogP contribution in [0.2, 0.25) is 0 Å². The van der Waals surface area contributed by atoms with Gasteiger partial charge in [-0.2, -0.15) is 0 Å². The van der Waals surface area contributed by atoms with E-state index in [0.29, 0.717) is 34.6 Å². The third kappa shape index (κ3) is 15.8. The molecule has 6 heterocycles. The lowest BCUT2D eigenvalue weighted by Gasteiger charge is -2.36. The summed E-state index contributed by atoms with van der Waals surface area (Å²) in [6.07, 6.45) is -0.882. The van der Waals surface area contributed by atoms with Crippen LogP contribution in [0.5, 0.6) is 0 Å². The number of benzene rings is 1. The van der Waals surface area contributed by atoms with Crippen molar-refractivity contribution in [3.63, 3.8) is 0 Å². The molecule has 28 heteroatoms. The number of rotatable bonds is 19. The van der Waals surface area contributed by atoms with E-state index in [1.165, 1.54) is 6.07 Å². The molecule has 1 aromatic carbocycles. The van der Waals surface area contributed by atoms with Crippen molar-refractivity contribution in [1.82, 2.24) is 35.7 Å². The summed E-state index contributed by atoms with van der Waals surface area (Å²) < 4.78 is 36.2. The second-order valence-electron chi connectivity index (χ2n) is 18.9. The fourth-order valence-corrected chi connectivity index (χ4v) is 9.04. The number of amides is 8. The first kappa shape index (κ1) is 63.2. The minimum atomic E-state index is -1.48. The van der Waals surface area contributed by atoms with Crippen molar-refractivity contribution in [2.75, 3.05) is 46.2 Å². The van der Waals surface area contributed by atoms with Crippen LogP contribution in [0.3, 0.4) is 0 Å². The Morgan fingerprint density at radius 1 is 0.875 bits per heavy atom. The molecular formula is C52H68FN9O18. The second-order valence-corrected chi connectivity index (χ2v) is 18.9. The number of carbonyl (C=O) groups is 9. The van der Waals surface area contributed by atoms with Crippen LogP contribution in [-0.2, 0) is 88.1 Å². The van der Waals surface area contributed by atoms with Gasteiger partial charge in [0, 0.05) is 54.1 Å². The standard InChI is InChI=1S/C22H17FN2O4.C14H20N4O5.C14H25N3O9.C2H6/c1-9-10-3-2-4-11-13-7-25-17(19(13)24-16(18(10)11)6-15(9)23)5-12-14(21(25)27)8-29-22(28)20(12)26;1-8(2)13(14(15)23)17-9(19)5-6-16-10(20)7-18-11(21)3-4-12(18)22;15-11(21)6-24-7-17-13(23)4-16-12(22)1-2-25-14-9(20)3-8(19)10(5-18)26-14;1-2/h5-6,20,26H,2-4,7-8H2,1H3;3-4,8,13H,5-7H2,1-2H3,(H2,15,23)(H,16,20)(H,17,19);8-10,14,18-20H,1-7H2,(H2,15,21)(H,16,22)(H,17,23);1-2H3/t;;8?,9?,10-,14?;/m..1./s1. The Bertz CT molecular complexity index is 2930. The van der Waals surface area contributed by atoms with E-state index in [1.807, 2.05) is 13.8 Å². The summed E-state index contributed by atoms with van der Waals surface area (Å²) in [5, 5.41) is 49.2. The molecular weight excluding hydrogens is 1060 g/mol. The SMILES string of the molecule is CC.CC(C)C(NC(=O)CCNC(=O)CN1C(=O)C=CC1=O)C(N)=O.Cc1c(F)cc2nc3c(c4c2c1CCC4)Cn1c-3cc2c(c1=O)COC(=O)C2O.NC(=O)COCNC(=O)CNC(=O)CCOC1O[C@H](CO)C(O)CC1O. The van der Waals surface area contributed by atoms with Gasteiger partial charge in [0.15, 0.2) is 12.4 Å². The highest BCUT2D eigenvalue weighted by Gasteiger charge is 2.38. The van der Waals surface area contributed by atoms with Gasteiger partial charge in [-0.15, -0.1) is 0 Å². The number of aliphatic hydroxyl groups excluding tert-OH is 4. The molecule has 6 atom stereocenters. The minimum absolute atomic E-state index is 0.0118. The first-order valence-corrected chi connectivity index (χ1v) is 25.8. The van der Waals surface area contributed by atoms with Gasteiger partial charge in [0.1, 0.15) is 50.6 Å². The number of nitrogens with zero attached hydrogens (tertiary/aromatic N) is 3. The van der Waals surface area contributed by atoms with Gasteiger partial charge in [-0.05, 0) is 54.9 Å². The van der Waals surface area contributed by atoms with Crippen molar-refractivity contribution in [1.29, 1.82) is 0 Å². The highest BCUT2D eigenvalue weighted by molar-refractivity contribution is 6.14. The summed E-state index contributed by atoms with van der Waals surface area (Å²) in [7, 11) is 0. The summed E-state index contributed by atoms with van der Waals surface area (Å²) in [4.78, 5) is 121. The van der Waals surface area contributed by atoms with E-state index in [-0.39, 0.29) is 81.8 Å². The number of aliphatic hydroxyl groups is 4. The van der Waals surface area contributed by atoms with Gasteiger partial charge in [-0.1, -0.05) is 27.7 Å². The van der Waals surface area contributed by atoms with Crippen LogP contribution in [0, 0.1) is 18.7 Å². The summed E-state index contributed by atoms with van der Waals surface area (Å²) in [6.45, 7) is 7.80. The molecule has 5 aliphatic rings. The fraction of sp³-hybridized carbons (Fsp3) is 0.519. The Hall–Kier alpha value is -7.60. The van der Waals surface area contributed by atoms with E-state index in [4.69, 9.17) is 40.5 Å². The summed E-state index contributed by atoms with van der Waals surface area (Å²) >= 11 is 0. The van der Waals surface area contributed by atoms with Crippen molar-refractivity contribution in [3.8, 4) is 11.4 Å². The molecule has 8 amide bonds. The number of aryl methyl sites for hydroxylation is 2. The number of cyclic esters (lactones) is 1. The Labute approximate surface area is 457 Å². The van der Waals surface area contributed by atoms with E-state index in [9.17, 15) is 67.7 Å². The predicted octanol–water partition coefficient (Wildman–Crippen LogP) is -2.56. The lowest BCUT2D eigenvalue weighted by molar-refractivity contribution is -0.269. The number of hydrogen-bond acceptors (Lipinski definition) is 19. The Kier molecular flexibility index (Phi) is 22.9. The van der Waals surface area contributed by atoms with Crippen LogP contribution in [0.15, 0.2) is 29.1 Å². The number of esters is 1. The third-order valence-corrected chi connectivity index (χ3v) is 13.1. The number of nitrogens with one attached hydrogen (secondary N) is 4. The van der Waals surface area contributed by atoms with Crippen LogP contribution in [0.4, 0.5) is 4.39 Å². The molecule has 1 saturated heterocycles. The number of halogens is 1. The van der Waals surface area contributed by atoms with E-state index in [1.54, 1.807) is 31.4 Å². The van der Waals surface area contributed by atoms with Crippen molar-refractivity contribution in [2.45, 2.75) is 123 Å². The highest BCUT2D eigenvalue weighted by Crippen LogP contribution is 2.42. The molecule has 0 spiro atoms. The molecule has 3 aromatic rings. The van der Waals surface area contributed by atoms with Crippen molar-refractivity contribution < 1.29 is 86.9 Å². The van der Waals surface area contributed by atoms with E-state index in [0.717, 1.165) is 58.4 Å². The Morgan fingerprint density at radius 2 is 1.56 bits per heavy atom. The number of imide groups is 1. The van der Waals surface area contributed by atoms with E-state index < -0.39 is 103 Å². The number of nitrogens with two attached hydrogens (primary N) is 2. The molecule has 1 aliphatic carbocycles. The van der Waals surface area contributed by atoms with Crippen LogP contribution < -0.4 is 38.3 Å². The maximum atomic E-state index is 14.5. The van der Waals surface area contributed by atoms with Crippen LogP contribution >= 0.6 is 0 Å². The number of fused-ring (bicyclic) bond motifs is 5. The quantitative estimate of drug-likeness (QED) is 0.0200. The van der Waals surface area contributed by atoms with Crippen LogP contribution in [-0.4, -0.2) is 165 Å². The number of primary amides is 2. The van der Waals surface area contributed by atoms with Gasteiger partial charge in [0.05, 0.1) is 61.3 Å². The van der Waals surface area contributed by atoms with Crippen molar-refractivity contribution in [3.05, 3.63) is 73.8 Å². The average molecular weight is 1130 g/mol. The molecule has 12 N–H and O–H groups in total. The number of hydrogen-bond donors (Lipinski definition) is 10. The third-order valence-electron chi connectivity index (χ3n) is 13.1. The minimum Gasteiger partial charge on any atom is -0.458 e. The molecule has 436 valence electrons. The maximum absolute atomic E-state index is 14.5. The van der Waals surface area contributed by atoms with Crippen molar-refractivity contribution in [2.24, 2.45) is 17.4 Å². The van der Waals surface area contributed by atoms with E-state index in [2.05, 4.69) is 21.3 Å². The van der Waals surface area contributed by atoms with Gasteiger partial charge < -0.3 is 76.7 Å². The Balaban J connectivity index is 0.000000219. The lowest BCUT2D eigenvalue weighted by atomic mass is 9.85. The molecule has 5 unspecified atom stereocenters. The molecule has 80 heavy (non-hydrogen) atoms. The van der Waals surface area contributed by atoms with Gasteiger partial charge in [-0.3, -0.25) is 48.1 Å². The molecule has 0 bridgehead atoms. The largest absolute Gasteiger partial charge is 0.458 e. The van der Waals surface area contributed by atoms with Crippen molar-refractivity contribution >= 4 is 64.1 Å². The average Bonchev–Trinajstić information content (AvgIpc) is 3.95. The zero-order chi connectivity index (χ0) is 59.1. The first-order chi connectivity index (χ1) is 38.0. The van der Waals surface area contributed by atoms with Gasteiger partial charge in [0.2, 0.25) is 35.4 Å². The van der Waals surface area contributed by atoms with Gasteiger partial charge in [0.25, 0.3) is 17.4 Å². The number of ether oxygens (including phenoxy) is 4. The molecule has 0 saturated carbocycles. The predicted molar refractivity (Wildman–Crippen MR) is 277 cm³/mol. The first-order valence-electron chi connectivity index (χ1n) is 25.8. The smallest absolute Gasteiger partial charge is 0.340 e. The number of carbonyl (C=O) groups excluding carboxylic acids is 9. The second kappa shape index (κ2) is 29.0. The maximum Gasteiger partial charge on any atom is 0.340 e. The monoisotopic (exact) mass is 1130 g/mol. The zero-order valence-corrected chi connectivity index (χ0v) is 44.8. The topological polar surface area (TPSA) is 410 Å². The molecule has 0 radical (unpaired) electrons. The summed E-state index contributed by atoms with van der Waals surface area (Å²) in [5.74, 6) is -5.56.